The van der Waals surface area contributed by atoms with Crippen LogP contribution in [0, 0.1) is 0 Å². The van der Waals surface area contributed by atoms with Crippen LogP contribution >= 0.6 is 27.5 Å². The van der Waals surface area contributed by atoms with Crippen molar-refractivity contribution >= 4 is 27.5 Å². The molecule has 0 saturated carbocycles. The molecule has 0 aliphatic carbocycles. The third-order valence-corrected chi connectivity index (χ3v) is 3.43. The maximum absolute atomic E-state index is 6.12. The van der Waals surface area contributed by atoms with E-state index in [0.29, 0.717) is 0 Å². The second kappa shape index (κ2) is 6.51. The van der Waals surface area contributed by atoms with E-state index >= 15 is 0 Å². The third kappa shape index (κ3) is 4.13. The average Bonchev–Trinajstić information content (AvgIpc) is 2.22. The lowest BCUT2D eigenvalue weighted by Crippen LogP contribution is -2.10. The fourth-order valence-corrected chi connectivity index (χ4v) is 2.29. The second-order valence-electron chi connectivity index (χ2n) is 3.77. The van der Waals surface area contributed by atoms with Crippen molar-refractivity contribution in [2.75, 3.05) is 0 Å². The van der Waals surface area contributed by atoms with E-state index in [9.17, 15) is 0 Å². The first kappa shape index (κ1) is 13.0. The van der Waals surface area contributed by atoms with E-state index in [0.717, 1.165) is 21.5 Å². The molecule has 15 heavy (non-hydrogen) atoms. The highest BCUT2D eigenvalue weighted by Gasteiger charge is 2.09. The summed E-state index contributed by atoms with van der Waals surface area (Å²) >= 11 is 9.45. The Balaban J connectivity index is 2.64. The van der Waals surface area contributed by atoms with E-state index < -0.39 is 0 Å². The summed E-state index contributed by atoms with van der Waals surface area (Å²) in [6, 6.07) is 5.86. The van der Waals surface area contributed by atoms with Crippen molar-refractivity contribution in [2.24, 2.45) is 5.73 Å². The Bertz CT molecular complexity index is 314. The quantitative estimate of drug-likeness (QED) is 0.783. The molecule has 0 bridgehead atoms. The minimum Gasteiger partial charge on any atom is -0.324 e. The number of unbranched alkanes of at least 4 members (excludes halogenated alkanes) is 2. The SMILES string of the molecule is CCCCC[C@H](N)c1cc(Cl)ccc1Br. The maximum atomic E-state index is 6.12. The van der Waals surface area contributed by atoms with Crippen LogP contribution in [0.2, 0.25) is 5.02 Å². The second-order valence-corrected chi connectivity index (χ2v) is 5.06. The van der Waals surface area contributed by atoms with Gasteiger partial charge in [-0.1, -0.05) is 53.7 Å². The molecule has 3 heteroatoms. The molecular weight excluding hydrogens is 273 g/mol. The van der Waals surface area contributed by atoms with E-state index in [2.05, 4.69) is 22.9 Å². The summed E-state index contributed by atoms with van der Waals surface area (Å²) in [5.74, 6) is 0. The van der Waals surface area contributed by atoms with E-state index in [1.165, 1.54) is 19.3 Å². The van der Waals surface area contributed by atoms with Crippen molar-refractivity contribution < 1.29 is 0 Å². The van der Waals surface area contributed by atoms with Crippen LogP contribution in [0.4, 0.5) is 0 Å². The van der Waals surface area contributed by atoms with Crippen LogP contribution in [-0.2, 0) is 0 Å². The van der Waals surface area contributed by atoms with Gasteiger partial charge in [-0.15, -0.1) is 0 Å². The molecule has 0 fully saturated rings. The maximum Gasteiger partial charge on any atom is 0.0410 e. The Morgan fingerprint density at radius 1 is 1.40 bits per heavy atom. The summed E-state index contributed by atoms with van der Waals surface area (Å²) in [6.07, 6.45) is 4.67. The van der Waals surface area contributed by atoms with Gasteiger partial charge in [0, 0.05) is 15.5 Å². The molecule has 1 aromatic carbocycles. The molecule has 0 unspecified atom stereocenters. The zero-order valence-corrected chi connectivity index (χ0v) is 11.3. The summed E-state index contributed by atoms with van der Waals surface area (Å²) in [5.41, 5.74) is 7.23. The molecule has 1 nitrogen and oxygen atoms in total. The van der Waals surface area contributed by atoms with Crippen LogP contribution < -0.4 is 5.73 Å². The fourth-order valence-electron chi connectivity index (χ4n) is 1.57. The van der Waals surface area contributed by atoms with Crippen LogP contribution in [0.3, 0.4) is 0 Å². The molecule has 2 N–H and O–H groups in total. The minimum atomic E-state index is 0.0876. The lowest BCUT2D eigenvalue weighted by Gasteiger charge is -2.13. The monoisotopic (exact) mass is 289 g/mol. The lowest BCUT2D eigenvalue weighted by atomic mass is 10.0. The van der Waals surface area contributed by atoms with Gasteiger partial charge in [0.15, 0.2) is 0 Å². The highest BCUT2D eigenvalue weighted by molar-refractivity contribution is 9.10. The lowest BCUT2D eigenvalue weighted by molar-refractivity contribution is 0.580. The van der Waals surface area contributed by atoms with E-state index in [1.807, 2.05) is 18.2 Å². The minimum absolute atomic E-state index is 0.0876. The molecule has 84 valence electrons. The van der Waals surface area contributed by atoms with Gasteiger partial charge in [0.25, 0.3) is 0 Å². The summed E-state index contributed by atoms with van der Waals surface area (Å²) in [4.78, 5) is 0. The molecule has 0 aliphatic rings. The predicted molar refractivity (Wildman–Crippen MR) is 70.2 cm³/mol. The van der Waals surface area contributed by atoms with Gasteiger partial charge in [-0.05, 0) is 30.2 Å². The fraction of sp³-hybridized carbons (Fsp3) is 0.500. The standard InChI is InChI=1S/C12H17BrClN/c1-2-3-4-5-12(15)10-8-9(14)6-7-11(10)13/h6-8,12H,2-5,15H2,1H3/t12-/m0/s1. The summed E-state index contributed by atoms with van der Waals surface area (Å²) in [6.45, 7) is 2.20. The third-order valence-electron chi connectivity index (χ3n) is 2.48. The number of rotatable bonds is 5. The van der Waals surface area contributed by atoms with Crippen LogP contribution in [-0.4, -0.2) is 0 Å². The van der Waals surface area contributed by atoms with Crippen molar-refractivity contribution in [3.05, 3.63) is 33.3 Å². The van der Waals surface area contributed by atoms with Crippen molar-refractivity contribution in [1.29, 1.82) is 0 Å². The number of hydrogen-bond donors (Lipinski definition) is 1. The highest BCUT2D eigenvalue weighted by atomic mass is 79.9. The Labute approximate surface area is 105 Å². The number of nitrogens with two attached hydrogens (primary N) is 1. The van der Waals surface area contributed by atoms with Gasteiger partial charge >= 0.3 is 0 Å². The molecule has 1 rings (SSSR count). The van der Waals surface area contributed by atoms with Gasteiger partial charge in [0.05, 0.1) is 0 Å². The Morgan fingerprint density at radius 3 is 2.80 bits per heavy atom. The topological polar surface area (TPSA) is 26.0 Å². The first-order valence-corrected chi connectivity index (χ1v) is 6.52. The first-order valence-electron chi connectivity index (χ1n) is 5.35. The van der Waals surface area contributed by atoms with Gasteiger partial charge in [-0.3, -0.25) is 0 Å². The highest BCUT2D eigenvalue weighted by Crippen LogP contribution is 2.28. The van der Waals surface area contributed by atoms with Crippen LogP contribution in [0.5, 0.6) is 0 Å². The molecule has 0 saturated heterocycles. The average molecular weight is 291 g/mol. The van der Waals surface area contributed by atoms with Gasteiger partial charge in [0.2, 0.25) is 0 Å². The molecule has 0 heterocycles. The molecule has 1 atom stereocenters. The van der Waals surface area contributed by atoms with Gasteiger partial charge in [0.1, 0.15) is 0 Å². The van der Waals surface area contributed by atoms with Gasteiger partial charge < -0.3 is 5.73 Å². The zero-order valence-electron chi connectivity index (χ0n) is 8.97. The van der Waals surface area contributed by atoms with Crippen molar-refractivity contribution in [2.45, 2.75) is 38.6 Å². The summed E-state index contributed by atoms with van der Waals surface area (Å²) in [7, 11) is 0. The van der Waals surface area contributed by atoms with Gasteiger partial charge in [-0.25, -0.2) is 0 Å². The largest absolute Gasteiger partial charge is 0.324 e. The first-order chi connectivity index (χ1) is 7.15. The number of benzene rings is 1. The van der Waals surface area contributed by atoms with E-state index in [1.54, 1.807) is 0 Å². The van der Waals surface area contributed by atoms with Crippen LogP contribution in [0.1, 0.15) is 44.2 Å². The zero-order chi connectivity index (χ0) is 11.3. The molecule has 0 aromatic heterocycles. The normalized spacial score (nSPS) is 12.8. The van der Waals surface area contributed by atoms with E-state index in [4.69, 9.17) is 17.3 Å². The Kier molecular flexibility index (Phi) is 5.65. The smallest absolute Gasteiger partial charge is 0.0410 e. The Morgan fingerprint density at radius 2 is 2.13 bits per heavy atom. The Hall–Kier alpha value is -0.0500. The summed E-state index contributed by atoms with van der Waals surface area (Å²) in [5, 5.41) is 0.749. The molecule has 0 radical (unpaired) electrons. The van der Waals surface area contributed by atoms with Crippen molar-refractivity contribution in [3.63, 3.8) is 0 Å². The molecule has 0 aliphatic heterocycles. The number of hydrogen-bond acceptors (Lipinski definition) is 1. The molecule has 1 aromatic rings. The van der Waals surface area contributed by atoms with Crippen molar-refractivity contribution in [3.8, 4) is 0 Å². The predicted octanol–water partition coefficient (Wildman–Crippen LogP) is 4.68. The van der Waals surface area contributed by atoms with Crippen LogP contribution in [0.25, 0.3) is 0 Å². The van der Waals surface area contributed by atoms with Gasteiger partial charge in [-0.2, -0.15) is 0 Å². The number of halogens is 2. The molecule has 0 spiro atoms. The van der Waals surface area contributed by atoms with E-state index in [-0.39, 0.29) is 6.04 Å². The molecular formula is C12H17BrClN. The molecule has 0 amide bonds. The summed E-state index contributed by atoms with van der Waals surface area (Å²) < 4.78 is 1.05. The van der Waals surface area contributed by atoms with Crippen molar-refractivity contribution in [1.82, 2.24) is 0 Å². The van der Waals surface area contributed by atoms with Crippen LogP contribution in [0.15, 0.2) is 22.7 Å².